The Labute approximate surface area is 119 Å². The molecule has 1 amide bonds. The molecule has 0 spiro atoms. The number of nitrogens with one attached hydrogen (secondary N) is 3. The van der Waals surface area contributed by atoms with Crippen LogP contribution in [0.25, 0.3) is 0 Å². The van der Waals surface area contributed by atoms with Gasteiger partial charge in [-0.1, -0.05) is 0 Å². The minimum atomic E-state index is 0.0587. The standard InChI is InChI=1S/C14H23N5O/c1-3-15-11-9-12(17-8-7-13(20)16-4-2)19-14(18-11)10-5-6-10/h9-10H,3-8H2,1-2H3,(H,16,20)(H2,15,17,18,19). The highest BCUT2D eigenvalue weighted by Gasteiger charge is 2.27. The lowest BCUT2D eigenvalue weighted by atomic mass is 10.3. The van der Waals surface area contributed by atoms with E-state index in [0.29, 0.717) is 25.4 Å². The number of hydrogen-bond donors (Lipinski definition) is 3. The van der Waals surface area contributed by atoms with Crippen LogP contribution in [0.3, 0.4) is 0 Å². The van der Waals surface area contributed by atoms with E-state index in [9.17, 15) is 4.79 Å². The van der Waals surface area contributed by atoms with E-state index in [2.05, 4.69) is 25.9 Å². The third-order valence-corrected chi connectivity index (χ3v) is 3.08. The number of carbonyl (C=O) groups excluding carboxylic acids is 1. The van der Waals surface area contributed by atoms with E-state index in [-0.39, 0.29) is 5.91 Å². The molecule has 1 saturated carbocycles. The third-order valence-electron chi connectivity index (χ3n) is 3.08. The van der Waals surface area contributed by atoms with Gasteiger partial charge in [-0.05, 0) is 26.7 Å². The molecule has 3 N–H and O–H groups in total. The monoisotopic (exact) mass is 277 g/mol. The van der Waals surface area contributed by atoms with Crippen LogP contribution in [0.2, 0.25) is 0 Å². The van der Waals surface area contributed by atoms with Gasteiger partial charge in [-0.25, -0.2) is 9.97 Å². The van der Waals surface area contributed by atoms with Crippen LogP contribution >= 0.6 is 0 Å². The molecule has 6 nitrogen and oxygen atoms in total. The molecule has 0 bridgehead atoms. The Morgan fingerprint density at radius 2 is 1.90 bits per heavy atom. The van der Waals surface area contributed by atoms with Gasteiger partial charge in [-0.15, -0.1) is 0 Å². The Kier molecular flexibility index (Phi) is 5.15. The predicted molar refractivity (Wildman–Crippen MR) is 80.0 cm³/mol. The van der Waals surface area contributed by atoms with Crippen LogP contribution < -0.4 is 16.0 Å². The number of carbonyl (C=O) groups is 1. The average molecular weight is 277 g/mol. The van der Waals surface area contributed by atoms with E-state index in [1.165, 1.54) is 12.8 Å². The summed E-state index contributed by atoms with van der Waals surface area (Å²) < 4.78 is 0. The Hall–Kier alpha value is -1.85. The first-order valence-corrected chi connectivity index (χ1v) is 7.36. The van der Waals surface area contributed by atoms with Crippen LogP contribution in [0.4, 0.5) is 11.6 Å². The molecule has 20 heavy (non-hydrogen) atoms. The van der Waals surface area contributed by atoms with Gasteiger partial charge in [-0.3, -0.25) is 4.79 Å². The molecular weight excluding hydrogens is 254 g/mol. The van der Waals surface area contributed by atoms with Gasteiger partial charge < -0.3 is 16.0 Å². The van der Waals surface area contributed by atoms with Crippen LogP contribution in [-0.4, -0.2) is 35.5 Å². The van der Waals surface area contributed by atoms with E-state index in [1.54, 1.807) is 0 Å². The second-order valence-electron chi connectivity index (χ2n) is 4.93. The summed E-state index contributed by atoms with van der Waals surface area (Å²) in [6.07, 6.45) is 2.80. The summed E-state index contributed by atoms with van der Waals surface area (Å²) >= 11 is 0. The van der Waals surface area contributed by atoms with Crippen LogP contribution in [0, 0.1) is 0 Å². The zero-order chi connectivity index (χ0) is 14.4. The summed E-state index contributed by atoms with van der Waals surface area (Å²) in [6, 6.07) is 1.90. The highest BCUT2D eigenvalue weighted by atomic mass is 16.1. The number of amides is 1. The number of nitrogens with zero attached hydrogens (tertiary/aromatic N) is 2. The summed E-state index contributed by atoms with van der Waals surface area (Å²) in [5, 5.41) is 9.20. The van der Waals surface area contributed by atoms with Gasteiger partial charge >= 0.3 is 0 Å². The van der Waals surface area contributed by atoms with Crippen LogP contribution in [0.1, 0.15) is 44.9 Å². The largest absolute Gasteiger partial charge is 0.370 e. The van der Waals surface area contributed by atoms with Crippen molar-refractivity contribution in [2.45, 2.75) is 39.0 Å². The number of rotatable bonds is 8. The fourth-order valence-electron chi connectivity index (χ4n) is 1.94. The van der Waals surface area contributed by atoms with E-state index in [4.69, 9.17) is 0 Å². The molecule has 1 aliphatic carbocycles. The van der Waals surface area contributed by atoms with Crippen molar-refractivity contribution in [2.24, 2.45) is 0 Å². The molecule has 0 aromatic carbocycles. The fraction of sp³-hybridized carbons (Fsp3) is 0.643. The Morgan fingerprint density at radius 3 is 2.50 bits per heavy atom. The number of anilines is 2. The van der Waals surface area contributed by atoms with Crippen LogP contribution in [-0.2, 0) is 4.79 Å². The maximum absolute atomic E-state index is 11.4. The lowest BCUT2D eigenvalue weighted by Gasteiger charge is -2.10. The molecule has 1 aliphatic rings. The lowest BCUT2D eigenvalue weighted by Crippen LogP contribution is -2.25. The predicted octanol–water partition coefficient (Wildman–Crippen LogP) is 1.72. The zero-order valence-electron chi connectivity index (χ0n) is 12.2. The summed E-state index contributed by atoms with van der Waals surface area (Å²) in [6.45, 7) is 6.04. The number of hydrogen-bond acceptors (Lipinski definition) is 5. The van der Waals surface area contributed by atoms with Crippen molar-refractivity contribution in [3.05, 3.63) is 11.9 Å². The molecule has 1 aromatic heterocycles. The van der Waals surface area contributed by atoms with Crippen molar-refractivity contribution in [3.8, 4) is 0 Å². The molecule has 1 aromatic rings. The van der Waals surface area contributed by atoms with Crippen LogP contribution in [0.15, 0.2) is 6.07 Å². The van der Waals surface area contributed by atoms with Gasteiger partial charge in [0, 0.05) is 38.0 Å². The van der Waals surface area contributed by atoms with Gasteiger partial charge in [0.1, 0.15) is 17.5 Å². The average Bonchev–Trinajstić information content (AvgIpc) is 3.23. The summed E-state index contributed by atoms with van der Waals surface area (Å²) in [5.74, 6) is 3.12. The highest BCUT2D eigenvalue weighted by Crippen LogP contribution is 2.38. The van der Waals surface area contributed by atoms with Gasteiger partial charge in [0.2, 0.25) is 5.91 Å². The van der Waals surface area contributed by atoms with Crippen molar-refractivity contribution >= 4 is 17.5 Å². The topological polar surface area (TPSA) is 78.9 Å². The van der Waals surface area contributed by atoms with Crippen molar-refractivity contribution in [2.75, 3.05) is 30.3 Å². The van der Waals surface area contributed by atoms with Crippen molar-refractivity contribution in [3.63, 3.8) is 0 Å². The first kappa shape index (κ1) is 14.6. The van der Waals surface area contributed by atoms with Crippen molar-refractivity contribution < 1.29 is 4.79 Å². The van der Waals surface area contributed by atoms with Gasteiger partial charge in [0.15, 0.2) is 0 Å². The van der Waals surface area contributed by atoms with Gasteiger partial charge in [0.25, 0.3) is 0 Å². The molecule has 110 valence electrons. The third kappa shape index (κ3) is 4.36. The van der Waals surface area contributed by atoms with Crippen LogP contribution in [0.5, 0.6) is 0 Å². The lowest BCUT2D eigenvalue weighted by molar-refractivity contribution is -0.120. The maximum atomic E-state index is 11.4. The molecule has 0 aliphatic heterocycles. The number of aromatic nitrogens is 2. The molecule has 6 heteroatoms. The van der Waals surface area contributed by atoms with E-state index in [0.717, 1.165) is 24.0 Å². The van der Waals surface area contributed by atoms with E-state index >= 15 is 0 Å². The SMILES string of the molecule is CCNC(=O)CCNc1cc(NCC)nc(C2CC2)n1. The zero-order valence-corrected chi connectivity index (χ0v) is 12.2. The van der Waals surface area contributed by atoms with Gasteiger partial charge in [-0.2, -0.15) is 0 Å². The Balaban J connectivity index is 1.93. The maximum Gasteiger partial charge on any atom is 0.221 e. The summed E-state index contributed by atoms with van der Waals surface area (Å²) in [5.41, 5.74) is 0. The second-order valence-corrected chi connectivity index (χ2v) is 4.93. The molecule has 2 rings (SSSR count). The molecule has 1 fully saturated rings. The Bertz CT molecular complexity index is 459. The molecule has 1 heterocycles. The van der Waals surface area contributed by atoms with Crippen molar-refractivity contribution in [1.29, 1.82) is 0 Å². The highest BCUT2D eigenvalue weighted by molar-refractivity contribution is 5.76. The molecule has 0 radical (unpaired) electrons. The smallest absolute Gasteiger partial charge is 0.221 e. The van der Waals surface area contributed by atoms with E-state index in [1.807, 2.05) is 19.9 Å². The molecule has 0 saturated heterocycles. The first-order valence-electron chi connectivity index (χ1n) is 7.36. The Morgan fingerprint density at radius 1 is 1.20 bits per heavy atom. The minimum absolute atomic E-state index is 0.0587. The van der Waals surface area contributed by atoms with Gasteiger partial charge in [0.05, 0.1) is 0 Å². The first-order chi connectivity index (χ1) is 9.72. The minimum Gasteiger partial charge on any atom is -0.370 e. The fourth-order valence-corrected chi connectivity index (χ4v) is 1.94. The van der Waals surface area contributed by atoms with Crippen molar-refractivity contribution in [1.82, 2.24) is 15.3 Å². The summed E-state index contributed by atoms with van der Waals surface area (Å²) in [4.78, 5) is 20.4. The quantitative estimate of drug-likeness (QED) is 0.674. The molecular formula is C14H23N5O. The normalized spacial score (nSPS) is 13.9. The molecule has 0 atom stereocenters. The molecule has 0 unspecified atom stereocenters. The summed E-state index contributed by atoms with van der Waals surface area (Å²) in [7, 11) is 0. The van der Waals surface area contributed by atoms with E-state index < -0.39 is 0 Å². The second kappa shape index (κ2) is 7.07.